The zero-order chi connectivity index (χ0) is 17.1. The van der Waals surface area contributed by atoms with Crippen LogP contribution in [0.3, 0.4) is 0 Å². The van der Waals surface area contributed by atoms with Gasteiger partial charge in [-0.2, -0.15) is 0 Å². The van der Waals surface area contributed by atoms with Crippen LogP contribution in [0.2, 0.25) is 0 Å². The summed E-state index contributed by atoms with van der Waals surface area (Å²) in [6, 6.07) is 26.0. The Balaban J connectivity index is 1.45. The number of aromatic nitrogens is 1. The first-order chi connectivity index (χ1) is 12.3. The highest BCUT2D eigenvalue weighted by atomic mass is 16.5. The molecule has 122 valence electrons. The highest BCUT2D eigenvalue weighted by Gasteiger charge is 2.13. The fourth-order valence-electron chi connectivity index (χ4n) is 2.89. The minimum absolute atomic E-state index is 0.257. The molecule has 1 aromatic heterocycles. The molecular weight excluding hydrogens is 310 g/mol. The Morgan fingerprint density at radius 3 is 2.28 bits per heavy atom. The van der Waals surface area contributed by atoms with E-state index < -0.39 is 0 Å². The van der Waals surface area contributed by atoms with Crippen molar-refractivity contribution in [2.24, 2.45) is 0 Å². The zero-order valence-corrected chi connectivity index (χ0v) is 13.6. The molecule has 3 heteroatoms. The second-order valence-corrected chi connectivity index (χ2v) is 5.89. The molecular formula is C22H17NO2. The maximum Gasteiger partial charge on any atom is 0.340 e. The van der Waals surface area contributed by atoms with Crippen LogP contribution in [0, 0.1) is 0 Å². The van der Waals surface area contributed by atoms with E-state index in [0.29, 0.717) is 5.56 Å². The van der Waals surface area contributed by atoms with Crippen molar-refractivity contribution in [1.29, 1.82) is 0 Å². The van der Waals surface area contributed by atoms with Crippen LogP contribution in [0.4, 0.5) is 0 Å². The van der Waals surface area contributed by atoms with Crippen molar-refractivity contribution in [2.45, 2.75) is 6.61 Å². The molecule has 3 aromatic carbocycles. The van der Waals surface area contributed by atoms with Crippen LogP contribution in [-0.4, -0.2) is 11.0 Å². The summed E-state index contributed by atoms with van der Waals surface area (Å²) >= 11 is 0. The van der Waals surface area contributed by atoms with Crippen molar-refractivity contribution in [3.8, 4) is 11.1 Å². The number of aromatic amines is 1. The normalized spacial score (nSPS) is 10.7. The standard InChI is InChI=1S/C22H17NO2/c24-22(20-14-23-21-9-5-4-8-19(20)21)25-15-16-10-12-18(13-11-16)17-6-2-1-3-7-17/h1-14,23H,15H2. The molecule has 0 radical (unpaired) electrons. The summed E-state index contributed by atoms with van der Waals surface area (Å²) in [7, 11) is 0. The number of nitrogens with one attached hydrogen (secondary N) is 1. The molecule has 0 aliphatic rings. The molecule has 0 spiro atoms. The van der Waals surface area contributed by atoms with Gasteiger partial charge in [-0.3, -0.25) is 0 Å². The van der Waals surface area contributed by atoms with Gasteiger partial charge in [0.1, 0.15) is 6.61 Å². The highest BCUT2D eigenvalue weighted by Crippen LogP contribution is 2.21. The maximum absolute atomic E-state index is 12.3. The number of H-pyrrole nitrogens is 1. The van der Waals surface area contributed by atoms with Crippen molar-refractivity contribution < 1.29 is 9.53 Å². The third-order valence-corrected chi connectivity index (χ3v) is 4.24. The summed E-state index contributed by atoms with van der Waals surface area (Å²) in [5, 5.41) is 0.881. The molecule has 4 rings (SSSR count). The average Bonchev–Trinajstić information content (AvgIpc) is 3.11. The van der Waals surface area contributed by atoms with Crippen LogP contribution >= 0.6 is 0 Å². The number of hydrogen-bond donors (Lipinski definition) is 1. The predicted molar refractivity (Wildman–Crippen MR) is 99.3 cm³/mol. The molecule has 25 heavy (non-hydrogen) atoms. The summed E-state index contributed by atoms with van der Waals surface area (Å²) in [5.41, 5.74) is 4.78. The van der Waals surface area contributed by atoms with E-state index in [2.05, 4.69) is 17.1 Å². The summed E-state index contributed by atoms with van der Waals surface area (Å²) in [5.74, 6) is -0.315. The number of rotatable bonds is 4. The van der Waals surface area contributed by atoms with Gasteiger partial charge in [0.25, 0.3) is 0 Å². The fraction of sp³-hybridized carbons (Fsp3) is 0.0455. The summed E-state index contributed by atoms with van der Waals surface area (Å²) in [4.78, 5) is 15.4. The number of carbonyl (C=O) groups is 1. The molecule has 0 saturated carbocycles. The Kier molecular flexibility index (Phi) is 4.05. The number of esters is 1. The predicted octanol–water partition coefficient (Wildman–Crippen LogP) is 5.19. The monoisotopic (exact) mass is 327 g/mol. The molecule has 4 aromatic rings. The number of para-hydroxylation sites is 1. The van der Waals surface area contributed by atoms with E-state index in [1.807, 2.05) is 66.7 Å². The van der Waals surface area contributed by atoms with Crippen LogP contribution in [-0.2, 0) is 11.3 Å². The largest absolute Gasteiger partial charge is 0.457 e. The lowest BCUT2D eigenvalue weighted by Crippen LogP contribution is -2.04. The molecule has 0 fully saturated rings. The number of carbonyl (C=O) groups excluding carboxylic acids is 1. The van der Waals surface area contributed by atoms with Crippen LogP contribution in [0.25, 0.3) is 22.0 Å². The minimum Gasteiger partial charge on any atom is -0.457 e. The first kappa shape index (κ1) is 15.2. The van der Waals surface area contributed by atoms with Gasteiger partial charge in [-0.15, -0.1) is 0 Å². The van der Waals surface area contributed by atoms with Crippen LogP contribution in [0.5, 0.6) is 0 Å². The van der Waals surface area contributed by atoms with E-state index in [4.69, 9.17) is 4.74 Å². The van der Waals surface area contributed by atoms with E-state index in [-0.39, 0.29) is 12.6 Å². The van der Waals surface area contributed by atoms with E-state index in [1.165, 1.54) is 5.56 Å². The molecule has 1 N–H and O–H groups in total. The van der Waals surface area contributed by atoms with Gasteiger partial charge in [0, 0.05) is 17.1 Å². The first-order valence-corrected chi connectivity index (χ1v) is 8.19. The van der Waals surface area contributed by atoms with Crippen molar-refractivity contribution in [3.05, 3.63) is 96.2 Å². The summed E-state index contributed by atoms with van der Waals surface area (Å²) < 4.78 is 5.47. The van der Waals surface area contributed by atoms with Gasteiger partial charge in [0.15, 0.2) is 0 Å². The smallest absolute Gasteiger partial charge is 0.340 e. The topological polar surface area (TPSA) is 42.1 Å². The highest BCUT2D eigenvalue weighted by molar-refractivity contribution is 6.03. The van der Waals surface area contributed by atoms with Crippen molar-refractivity contribution in [1.82, 2.24) is 4.98 Å². The lowest BCUT2D eigenvalue weighted by atomic mass is 10.0. The Bertz CT molecular complexity index is 1000. The van der Waals surface area contributed by atoms with Gasteiger partial charge in [0.05, 0.1) is 5.56 Å². The van der Waals surface area contributed by atoms with Gasteiger partial charge in [-0.25, -0.2) is 4.79 Å². The van der Waals surface area contributed by atoms with E-state index in [0.717, 1.165) is 22.0 Å². The van der Waals surface area contributed by atoms with Crippen LogP contribution < -0.4 is 0 Å². The molecule has 0 unspecified atom stereocenters. The molecule has 0 amide bonds. The number of benzene rings is 3. The van der Waals surface area contributed by atoms with Gasteiger partial charge in [0.2, 0.25) is 0 Å². The molecule has 0 saturated heterocycles. The SMILES string of the molecule is O=C(OCc1ccc(-c2ccccc2)cc1)c1c[nH]c2ccccc12. The second kappa shape index (κ2) is 6.65. The Morgan fingerprint density at radius 1 is 0.800 bits per heavy atom. The average molecular weight is 327 g/mol. The van der Waals surface area contributed by atoms with Crippen molar-refractivity contribution in [2.75, 3.05) is 0 Å². The Labute approximate surface area is 145 Å². The van der Waals surface area contributed by atoms with Gasteiger partial charge >= 0.3 is 5.97 Å². The first-order valence-electron chi connectivity index (χ1n) is 8.19. The van der Waals surface area contributed by atoms with Gasteiger partial charge in [-0.05, 0) is 22.8 Å². The van der Waals surface area contributed by atoms with Crippen molar-refractivity contribution >= 4 is 16.9 Å². The van der Waals surface area contributed by atoms with E-state index in [1.54, 1.807) is 6.20 Å². The van der Waals surface area contributed by atoms with Crippen LogP contribution in [0.1, 0.15) is 15.9 Å². The fourth-order valence-corrected chi connectivity index (χ4v) is 2.89. The summed E-state index contributed by atoms with van der Waals surface area (Å²) in [6.45, 7) is 0.257. The summed E-state index contributed by atoms with van der Waals surface area (Å²) in [6.07, 6.45) is 1.70. The molecule has 1 heterocycles. The second-order valence-electron chi connectivity index (χ2n) is 5.89. The minimum atomic E-state index is -0.315. The third kappa shape index (κ3) is 3.17. The number of hydrogen-bond acceptors (Lipinski definition) is 2. The Morgan fingerprint density at radius 2 is 1.48 bits per heavy atom. The molecule has 0 aliphatic carbocycles. The molecule has 0 bridgehead atoms. The van der Waals surface area contributed by atoms with E-state index >= 15 is 0 Å². The van der Waals surface area contributed by atoms with E-state index in [9.17, 15) is 4.79 Å². The molecule has 0 aliphatic heterocycles. The molecule has 0 atom stereocenters. The third-order valence-electron chi connectivity index (χ3n) is 4.24. The lowest BCUT2D eigenvalue weighted by Gasteiger charge is -2.06. The Hall–Kier alpha value is -3.33. The quantitative estimate of drug-likeness (QED) is 0.524. The van der Waals surface area contributed by atoms with Crippen molar-refractivity contribution in [3.63, 3.8) is 0 Å². The lowest BCUT2D eigenvalue weighted by molar-refractivity contribution is 0.0475. The van der Waals surface area contributed by atoms with Crippen LogP contribution in [0.15, 0.2) is 85.1 Å². The van der Waals surface area contributed by atoms with Gasteiger partial charge in [-0.1, -0.05) is 72.8 Å². The number of fused-ring (bicyclic) bond motifs is 1. The number of ether oxygens (including phenoxy) is 1. The van der Waals surface area contributed by atoms with Gasteiger partial charge < -0.3 is 9.72 Å². The zero-order valence-electron chi connectivity index (χ0n) is 13.6. The maximum atomic E-state index is 12.3. The molecule has 3 nitrogen and oxygen atoms in total.